The molecule has 4 heteroatoms. The summed E-state index contributed by atoms with van der Waals surface area (Å²) in [5.74, 6) is -0.641. The van der Waals surface area contributed by atoms with Crippen LogP contribution in [-0.4, -0.2) is 23.6 Å². The van der Waals surface area contributed by atoms with Gasteiger partial charge in [-0.2, -0.15) is 0 Å². The highest BCUT2D eigenvalue weighted by Gasteiger charge is 2.30. The molecule has 2 atom stereocenters. The van der Waals surface area contributed by atoms with E-state index in [1.165, 1.54) is 0 Å². The van der Waals surface area contributed by atoms with Crippen LogP contribution >= 0.6 is 0 Å². The molecule has 1 heterocycles. The quantitative estimate of drug-likeness (QED) is 0.711. The number of carbonyl (C=O) groups is 1. The van der Waals surface area contributed by atoms with Gasteiger partial charge >= 0.3 is 5.97 Å². The van der Waals surface area contributed by atoms with Crippen LogP contribution in [0.15, 0.2) is 60.8 Å². The number of esters is 1. The van der Waals surface area contributed by atoms with Gasteiger partial charge in [0.1, 0.15) is 6.04 Å². The third-order valence-electron chi connectivity index (χ3n) is 4.03. The Kier molecular flexibility index (Phi) is 4.44. The van der Waals surface area contributed by atoms with E-state index in [0.717, 1.165) is 22.0 Å². The van der Waals surface area contributed by atoms with Gasteiger partial charge in [0.15, 0.2) is 0 Å². The van der Waals surface area contributed by atoms with Crippen LogP contribution in [0.2, 0.25) is 0 Å². The highest BCUT2D eigenvalue weighted by Crippen LogP contribution is 2.33. The molecule has 0 fully saturated rings. The number of nitrogens with one attached hydrogen (secondary N) is 1. The zero-order chi connectivity index (χ0) is 16.2. The van der Waals surface area contributed by atoms with E-state index in [2.05, 4.69) is 4.98 Å². The van der Waals surface area contributed by atoms with Gasteiger partial charge in [0, 0.05) is 23.0 Å². The number of fused-ring (bicyclic) bond motifs is 1. The summed E-state index contributed by atoms with van der Waals surface area (Å²) in [4.78, 5) is 15.5. The molecule has 2 aromatic carbocycles. The SMILES string of the molecule is CCOC(=O)[C@H](N)[C@@H](c1ccccc1)c1c[nH]c2ccccc12. The number of para-hydroxylation sites is 1. The van der Waals surface area contributed by atoms with E-state index < -0.39 is 6.04 Å². The Morgan fingerprint density at radius 3 is 2.57 bits per heavy atom. The highest BCUT2D eigenvalue weighted by molar-refractivity contribution is 5.86. The first-order valence-corrected chi connectivity index (χ1v) is 7.75. The molecule has 3 N–H and O–H groups in total. The van der Waals surface area contributed by atoms with E-state index in [9.17, 15) is 4.79 Å². The second kappa shape index (κ2) is 6.67. The Balaban J connectivity index is 2.10. The molecule has 0 amide bonds. The maximum atomic E-state index is 12.2. The van der Waals surface area contributed by atoms with Crippen LogP contribution in [0.4, 0.5) is 0 Å². The number of benzene rings is 2. The summed E-state index contributed by atoms with van der Waals surface area (Å²) >= 11 is 0. The standard InChI is InChI=1S/C19H20N2O2/c1-2-23-19(22)18(20)17(13-8-4-3-5-9-13)15-12-21-16-11-7-6-10-14(15)16/h3-12,17-18,21H,2,20H2,1H3/t17-,18+/m0/s1. The van der Waals surface area contributed by atoms with Crippen LogP contribution in [0.3, 0.4) is 0 Å². The number of aromatic amines is 1. The lowest BCUT2D eigenvalue weighted by Gasteiger charge is -2.23. The Labute approximate surface area is 135 Å². The number of nitrogens with two attached hydrogens (primary N) is 1. The maximum absolute atomic E-state index is 12.2. The van der Waals surface area contributed by atoms with Crippen LogP contribution in [0.25, 0.3) is 10.9 Å². The lowest BCUT2D eigenvalue weighted by atomic mass is 9.85. The first kappa shape index (κ1) is 15.3. The van der Waals surface area contributed by atoms with Crippen molar-refractivity contribution in [2.45, 2.75) is 18.9 Å². The van der Waals surface area contributed by atoms with E-state index in [-0.39, 0.29) is 11.9 Å². The predicted octanol–water partition coefficient (Wildman–Crippen LogP) is 3.19. The molecule has 0 aliphatic carbocycles. The van der Waals surface area contributed by atoms with Crippen LogP contribution in [-0.2, 0) is 9.53 Å². The van der Waals surface area contributed by atoms with Crippen LogP contribution < -0.4 is 5.73 Å². The van der Waals surface area contributed by atoms with Crippen molar-refractivity contribution in [1.82, 2.24) is 4.98 Å². The second-order valence-corrected chi connectivity index (χ2v) is 5.46. The van der Waals surface area contributed by atoms with E-state index in [1.807, 2.05) is 60.8 Å². The van der Waals surface area contributed by atoms with Gasteiger partial charge < -0.3 is 15.5 Å². The molecule has 0 saturated heterocycles. The van der Waals surface area contributed by atoms with Crippen molar-refractivity contribution in [2.75, 3.05) is 6.61 Å². The first-order valence-electron chi connectivity index (χ1n) is 7.75. The lowest BCUT2D eigenvalue weighted by molar-refractivity contribution is -0.145. The first-order chi connectivity index (χ1) is 11.2. The fourth-order valence-electron chi connectivity index (χ4n) is 2.97. The van der Waals surface area contributed by atoms with Crippen molar-refractivity contribution in [2.24, 2.45) is 5.73 Å². The van der Waals surface area contributed by atoms with Crippen molar-refractivity contribution in [1.29, 1.82) is 0 Å². The van der Waals surface area contributed by atoms with Crippen LogP contribution in [0.1, 0.15) is 24.0 Å². The fraction of sp³-hybridized carbons (Fsp3) is 0.211. The maximum Gasteiger partial charge on any atom is 0.323 e. The van der Waals surface area contributed by atoms with Crippen molar-refractivity contribution < 1.29 is 9.53 Å². The summed E-state index contributed by atoms with van der Waals surface area (Å²) in [6, 6.07) is 17.1. The third kappa shape index (κ3) is 2.98. The van der Waals surface area contributed by atoms with Gasteiger partial charge in [-0.25, -0.2) is 0 Å². The van der Waals surface area contributed by atoms with Crippen LogP contribution in [0, 0.1) is 0 Å². The minimum absolute atomic E-state index is 0.258. The van der Waals surface area contributed by atoms with Gasteiger partial charge in [-0.3, -0.25) is 4.79 Å². The summed E-state index contributed by atoms with van der Waals surface area (Å²) in [6.45, 7) is 2.11. The number of aromatic nitrogens is 1. The zero-order valence-corrected chi connectivity index (χ0v) is 13.0. The van der Waals surface area contributed by atoms with Crippen molar-refractivity contribution in [3.63, 3.8) is 0 Å². The lowest BCUT2D eigenvalue weighted by Crippen LogP contribution is -2.38. The Hall–Kier alpha value is -2.59. The normalized spacial score (nSPS) is 13.7. The van der Waals surface area contributed by atoms with Gasteiger partial charge in [-0.05, 0) is 24.1 Å². The summed E-state index contributed by atoms with van der Waals surface area (Å²) in [5.41, 5.74) is 9.31. The molecule has 0 aliphatic heterocycles. The zero-order valence-electron chi connectivity index (χ0n) is 13.0. The number of ether oxygens (including phenoxy) is 1. The Morgan fingerprint density at radius 2 is 1.83 bits per heavy atom. The third-order valence-corrected chi connectivity index (χ3v) is 4.03. The second-order valence-electron chi connectivity index (χ2n) is 5.46. The monoisotopic (exact) mass is 308 g/mol. The molecule has 23 heavy (non-hydrogen) atoms. The molecule has 0 spiro atoms. The predicted molar refractivity (Wildman–Crippen MR) is 91.2 cm³/mol. The number of H-pyrrole nitrogens is 1. The average molecular weight is 308 g/mol. The molecule has 0 radical (unpaired) electrons. The van der Waals surface area contributed by atoms with Gasteiger partial charge in [0.05, 0.1) is 6.61 Å². The molecule has 0 saturated carbocycles. The van der Waals surface area contributed by atoms with E-state index in [4.69, 9.17) is 10.5 Å². The smallest absolute Gasteiger partial charge is 0.323 e. The molecule has 118 valence electrons. The van der Waals surface area contributed by atoms with Gasteiger partial charge in [-0.1, -0.05) is 48.5 Å². The Bertz CT molecular complexity index is 795. The summed E-state index contributed by atoms with van der Waals surface area (Å²) < 4.78 is 5.14. The summed E-state index contributed by atoms with van der Waals surface area (Å²) in [5, 5.41) is 1.07. The minimum Gasteiger partial charge on any atom is -0.465 e. The molecular weight excluding hydrogens is 288 g/mol. The van der Waals surface area contributed by atoms with Crippen molar-refractivity contribution in [3.8, 4) is 0 Å². The molecular formula is C19H20N2O2. The molecule has 1 aromatic heterocycles. The van der Waals surface area contributed by atoms with Crippen molar-refractivity contribution in [3.05, 3.63) is 71.9 Å². The molecule has 3 rings (SSSR count). The number of hydrogen-bond acceptors (Lipinski definition) is 3. The van der Waals surface area contributed by atoms with Gasteiger partial charge in [0.25, 0.3) is 0 Å². The molecule has 0 unspecified atom stereocenters. The summed E-state index contributed by atoms with van der Waals surface area (Å²) in [7, 11) is 0. The van der Waals surface area contributed by atoms with E-state index >= 15 is 0 Å². The fourth-order valence-corrected chi connectivity index (χ4v) is 2.97. The number of hydrogen-bond donors (Lipinski definition) is 2. The molecule has 4 nitrogen and oxygen atoms in total. The average Bonchev–Trinajstić information content (AvgIpc) is 3.00. The highest BCUT2D eigenvalue weighted by atomic mass is 16.5. The molecule has 3 aromatic rings. The van der Waals surface area contributed by atoms with Gasteiger partial charge in [0.2, 0.25) is 0 Å². The van der Waals surface area contributed by atoms with Gasteiger partial charge in [-0.15, -0.1) is 0 Å². The Morgan fingerprint density at radius 1 is 1.13 bits per heavy atom. The molecule has 0 bridgehead atoms. The van der Waals surface area contributed by atoms with Crippen molar-refractivity contribution >= 4 is 16.9 Å². The largest absolute Gasteiger partial charge is 0.465 e. The molecule has 0 aliphatic rings. The number of rotatable bonds is 5. The minimum atomic E-state index is -0.753. The van der Waals surface area contributed by atoms with E-state index in [0.29, 0.717) is 6.61 Å². The van der Waals surface area contributed by atoms with E-state index in [1.54, 1.807) is 6.92 Å². The summed E-state index contributed by atoms with van der Waals surface area (Å²) in [6.07, 6.45) is 1.93. The van der Waals surface area contributed by atoms with Crippen LogP contribution in [0.5, 0.6) is 0 Å². The number of carbonyl (C=O) groups excluding carboxylic acids is 1. The topological polar surface area (TPSA) is 68.1 Å².